The molecule has 0 fully saturated rings. The van der Waals surface area contributed by atoms with E-state index in [-0.39, 0.29) is 11.7 Å². The molecule has 2 heterocycles. The average Bonchev–Trinajstić information content (AvgIpc) is 3.29. The highest BCUT2D eigenvalue weighted by molar-refractivity contribution is 7.99. The second kappa shape index (κ2) is 9.03. The number of nitrogens with zero attached hydrogens (tertiary/aromatic N) is 4. The standard InChI is InChI=1S/C20H18ClN5O2S2/c1-3-28-12-8-9-15-16(10-12)30-19(22-15)23-17(27)11-29-20-25-24-18(26(20)2)13-6-4-5-7-14(13)21/h4-10H,3,11H2,1-2H3,(H,22,23,27). The van der Waals surface area contributed by atoms with E-state index in [9.17, 15) is 4.79 Å². The largest absolute Gasteiger partial charge is 0.494 e. The van der Waals surface area contributed by atoms with Gasteiger partial charge in [0, 0.05) is 12.6 Å². The number of aromatic nitrogens is 4. The van der Waals surface area contributed by atoms with Gasteiger partial charge in [0.05, 0.1) is 27.6 Å². The van der Waals surface area contributed by atoms with Crippen molar-refractivity contribution in [3.63, 3.8) is 0 Å². The van der Waals surface area contributed by atoms with E-state index in [2.05, 4.69) is 20.5 Å². The smallest absolute Gasteiger partial charge is 0.236 e. The molecule has 0 radical (unpaired) electrons. The Balaban J connectivity index is 1.41. The van der Waals surface area contributed by atoms with Crippen LogP contribution in [0.5, 0.6) is 5.75 Å². The minimum Gasteiger partial charge on any atom is -0.494 e. The molecule has 10 heteroatoms. The summed E-state index contributed by atoms with van der Waals surface area (Å²) in [6.45, 7) is 2.54. The molecule has 1 amide bonds. The van der Waals surface area contributed by atoms with Crippen LogP contribution in [0.1, 0.15) is 6.92 Å². The van der Waals surface area contributed by atoms with Gasteiger partial charge in [-0.25, -0.2) is 4.98 Å². The zero-order valence-corrected chi connectivity index (χ0v) is 18.6. The van der Waals surface area contributed by atoms with Crippen molar-refractivity contribution in [1.29, 1.82) is 0 Å². The minimum atomic E-state index is -0.161. The first kappa shape index (κ1) is 20.6. The van der Waals surface area contributed by atoms with E-state index in [1.54, 1.807) is 6.07 Å². The van der Waals surface area contributed by atoms with Crippen LogP contribution < -0.4 is 10.1 Å². The normalized spacial score (nSPS) is 11.0. The predicted octanol–water partition coefficient (Wildman–Crippen LogP) is 4.87. The van der Waals surface area contributed by atoms with E-state index in [1.807, 2.05) is 54.9 Å². The van der Waals surface area contributed by atoms with Crippen molar-refractivity contribution in [1.82, 2.24) is 19.7 Å². The molecular formula is C20H18ClN5O2S2. The van der Waals surface area contributed by atoms with E-state index in [0.717, 1.165) is 21.5 Å². The van der Waals surface area contributed by atoms with E-state index in [0.29, 0.717) is 27.7 Å². The molecule has 0 aliphatic heterocycles. The number of benzene rings is 2. The Labute approximate surface area is 186 Å². The number of hydrogen-bond donors (Lipinski definition) is 1. The highest BCUT2D eigenvalue weighted by atomic mass is 35.5. The quantitative estimate of drug-likeness (QED) is 0.397. The number of amides is 1. The summed E-state index contributed by atoms with van der Waals surface area (Å²) in [5.41, 5.74) is 1.62. The highest BCUT2D eigenvalue weighted by Crippen LogP contribution is 2.30. The number of carbonyl (C=O) groups is 1. The number of fused-ring (bicyclic) bond motifs is 1. The number of hydrogen-bond acceptors (Lipinski definition) is 7. The van der Waals surface area contributed by atoms with Crippen LogP contribution in [0.2, 0.25) is 5.02 Å². The molecule has 4 rings (SSSR count). The van der Waals surface area contributed by atoms with Crippen LogP contribution in [0.4, 0.5) is 5.13 Å². The number of ether oxygens (including phenoxy) is 1. The number of anilines is 1. The molecule has 0 aliphatic carbocycles. The Bertz CT molecular complexity index is 1210. The number of carbonyl (C=O) groups excluding carboxylic acids is 1. The van der Waals surface area contributed by atoms with Crippen molar-refractivity contribution in [2.75, 3.05) is 17.7 Å². The van der Waals surface area contributed by atoms with Gasteiger partial charge < -0.3 is 14.6 Å². The first-order valence-corrected chi connectivity index (χ1v) is 11.3. The summed E-state index contributed by atoms with van der Waals surface area (Å²) in [7, 11) is 1.85. The molecule has 1 N–H and O–H groups in total. The number of thioether (sulfide) groups is 1. The fraction of sp³-hybridized carbons (Fsp3) is 0.200. The van der Waals surface area contributed by atoms with E-state index < -0.39 is 0 Å². The fourth-order valence-electron chi connectivity index (χ4n) is 2.82. The fourth-order valence-corrected chi connectivity index (χ4v) is 4.66. The van der Waals surface area contributed by atoms with Gasteiger partial charge in [0.1, 0.15) is 5.75 Å². The molecule has 2 aromatic heterocycles. The van der Waals surface area contributed by atoms with Crippen molar-refractivity contribution >= 4 is 56.0 Å². The Morgan fingerprint density at radius 1 is 1.27 bits per heavy atom. The number of thiazole rings is 1. The van der Waals surface area contributed by atoms with Gasteiger partial charge in [0.25, 0.3) is 0 Å². The third kappa shape index (κ3) is 4.43. The third-order valence-electron chi connectivity index (χ3n) is 4.20. The van der Waals surface area contributed by atoms with Gasteiger partial charge in [0.2, 0.25) is 5.91 Å². The van der Waals surface area contributed by atoms with Gasteiger partial charge >= 0.3 is 0 Å². The average molecular weight is 460 g/mol. The number of halogens is 1. The summed E-state index contributed by atoms with van der Waals surface area (Å²) < 4.78 is 8.29. The zero-order chi connectivity index (χ0) is 21.1. The molecule has 0 spiro atoms. The molecule has 0 saturated carbocycles. The van der Waals surface area contributed by atoms with Crippen molar-refractivity contribution in [2.24, 2.45) is 7.05 Å². The maximum absolute atomic E-state index is 12.4. The van der Waals surface area contributed by atoms with Gasteiger partial charge in [-0.3, -0.25) is 4.79 Å². The molecule has 0 bridgehead atoms. The van der Waals surface area contributed by atoms with Crippen LogP contribution in [0.15, 0.2) is 47.6 Å². The van der Waals surface area contributed by atoms with E-state index in [4.69, 9.17) is 16.3 Å². The summed E-state index contributed by atoms with van der Waals surface area (Å²) in [6.07, 6.45) is 0. The van der Waals surface area contributed by atoms with Crippen molar-refractivity contribution < 1.29 is 9.53 Å². The molecule has 2 aromatic carbocycles. The van der Waals surface area contributed by atoms with Crippen LogP contribution in [0.25, 0.3) is 21.6 Å². The summed E-state index contributed by atoms with van der Waals surface area (Å²) in [5.74, 6) is 1.47. The Kier molecular flexibility index (Phi) is 6.21. The van der Waals surface area contributed by atoms with Crippen LogP contribution in [0.3, 0.4) is 0 Å². The van der Waals surface area contributed by atoms with Crippen LogP contribution in [-0.4, -0.2) is 38.0 Å². The van der Waals surface area contributed by atoms with Crippen molar-refractivity contribution in [3.05, 3.63) is 47.5 Å². The summed E-state index contributed by atoms with van der Waals surface area (Å²) in [5, 5.41) is 13.0. The summed E-state index contributed by atoms with van der Waals surface area (Å²) >= 11 is 8.97. The second-order valence-corrected chi connectivity index (χ2v) is 8.64. The van der Waals surface area contributed by atoms with Crippen LogP contribution in [-0.2, 0) is 11.8 Å². The molecule has 0 saturated heterocycles. The Hall–Kier alpha value is -2.62. The molecule has 30 heavy (non-hydrogen) atoms. The molecule has 154 valence electrons. The van der Waals surface area contributed by atoms with E-state index in [1.165, 1.54) is 23.1 Å². The zero-order valence-electron chi connectivity index (χ0n) is 16.3. The molecule has 7 nitrogen and oxygen atoms in total. The van der Waals surface area contributed by atoms with Crippen molar-refractivity contribution in [2.45, 2.75) is 12.1 Å². The van der Waals surface area contributed by atoms with E-state index >= 15 is 0 Å². The van der Waals surface area contributed by atoms with Crippen LogP contribution >= 0.6 is 34.7 Å². The SMILES string of the molecule is CCOc1ccc2nc(NC(=O)CSc3nnc(-c4ccccc4Cl)n3C)sc2c1. The Morgan fingerprint density at radius 3 is 2.90 bits per heavy atom. The first-order chi connectivity index (χ1) is 14.5. The van der Waals surface area contributed by atoms with Crippen LogP contribution in [0, 0.1) is 0 Å². The van der Waals surface area contributed by atoms with Gasteiger partial charge in [0.15, 0.2) is 16.1 Å². The minimum absolute atomic E-state index is 0.161. The lowest BCUT2D eigenvalue weighted by atomic mass is 10.2. The number of nitrogens with one attached hydrogen (secondary N) is 1. The maximum atomic E-state index is 12.4. The lowest BCUT2D eigenvalue weighted by molar-refractivity contribution is -0.113. The highest BCUT2D eigenvalue weighted by Gasteiger charge is 2.15. The lowest BCUT2D eigenvalue weighted by Gasteiger charge is -2.05. The van der Waals surface area contributed by atoms with Gasteiger partial charge in [-0.2, -0.15) is 0 Å². The topological polar surface area (TPSA) is 81.9 Å². The predicted molar refractivity (Wildman–Crippen MR) is 122 cm³/mol. The summed E-state index contributed by atoms with van der Waals surface area (Å²) in [6, 6.07) is 13.1. The molecule has 0 unspecified atom stereocenters. The second-order valence-electron chi connectivity index (χ2n) is 6.26. The van der Waals surface area contributed by atoms with Crippen molar-refractivity contribution in [3.8, 4) is 17.1 Å². The third-order valence-corrected chi connectivity index (χ3v) is 6.48. The molecule has 4 aromatic rings. The summed E-state index contributed by atoms with van der Waals surface area (Å²) in [4.78, 5) is 16.9. The number of rotatable bonds is 7. The monoisotopic (exact) mass is 459 g/mol. The lowest BCUT2D eigenvalue weighted by Crippen LogP contribution is -2.14. The molecule has 0 aliphatic rings. The maximum Gasteiger partial charge on any atom is 0.236 e. The van der Waals surface area contributed by atoms with Gasteiger partial charge in [-0.15, -0.1) is 10.2 Å². The first-order valence-electron chi connectivity index (χ1n) is 9.15. The Morgan fingerprint density at radius 2 is 2.10 bits per heavy atom. The molecular weight excluding hydrogens is 442 g/mol. The molecule has 0 atom stereocenters. The van der Waals surface area contributed by atoms with Gasteiger partial charge in [-0.1, -0.05) is 46.8 Å². The van der Waals surface area contributed by atoms with Gasteiger partial charge in [-0.05, 0) is 37.3 Å².